The van der Waals surface area contributed by atoms with Crippen LogP contribution in [0.15, 0.2) is 18.2 Å². The van der Waals surface area contributed by atoms with Gasteiger partial charge in [-0.25, -0.2) is 14.4 Å². The number of methoxy groups -OCH3 is 1. The molecule has 0 bridgehead atoms. The Labute approximate surface area is 170 Å². The Hall–Kier alpha value is -2.94. The number of pyridine rings is 2. The van der Waals surface area contributed by atoms with Crippen LogP contribution in [0.25, 0.3) is 0 Å². The first-order valence-corrected chi connectivity index (χ1v) is 9.42. The van der Waals surface area contributed by atoms with Crippen molar-refractivity contribution in [1.29, 1.82) is 0 Å². The van der Waals surface area contributed by atoms with Gasteiger partial charge in [-0.3, -0.25) is 4.79 Å². The maximum Gasteiger partial charge on any atom is 0.252 e. The molecule has 0 aliphatic rings. The average Bonchev–Trinajstić information content (AvgIpc) is 2.62. The quantitative estimate of drug-likeness (QED) is 0.506. The van der Waals surface area contributed by atoms with Crippen LogP contribution in [-0.2, 0) is 0 Å². The fourth-order valence-corrected chi connectivity index (χ4v) is 2.91. The molecule has 29 heavy (non-hydrogen) atoms. The van der Waals surface area contributed by atoms with Gasteiger partial charge in [-0.1, -0.05) is 13.8 Å². The van der Waals surface area contributed by atoms with Crippen LogP contribution in [0.5, 0.6) is 5.88 Å². The number of nitrogens with two attached hydrogens (primary N) is 2. The summed E-state index contributed by atoms with van der Waals surface area (Å²) in [5.41, 5.74) is 12.7. The number of hydrogen-bond acceptors (Lipinski definition) is 7. The van der Waals surface area contributed by atoms with Gasteiger partial charge in [0.1, 0.15) is 5.82 Å². The van der Waals surface area contributed by atoms with Crippen LogP contribution >= 0.6 is 0 Å². The maximum atomic E-state index is 14.6. The van der Waals surface area contributed by atoms with Crippen LogP contribution < -0.4 is 26.8 Å². The summed E-state index contributed by atoms with van der Waals surface area (Å²) in [4.78, 5) is 20.3. The van der Waals surface area contributed by atoms with Crippen molar-refractivity contribution < 1.29 is 13.9 Å². The Balaban J connectivity index is 2.44. The van der Waals surface area contributed by atoms with Crippen molar-refractivity contribution in [3.05, 3.63) is 35.3 Å². The molecule has 2 aromatic rings. The molecule has 2 atom stereocenters. The fraction of sp³-hybridized carbons (Fsp3) is 0.450. The van der Waals surface area contributed by atoms with Gasteiger partial charge in [0.2, 0.25) is 5.88 Å². The summed E-state index contributed by atoms with van der Waals surface area (Å²) >= 11 is 0. The van der Waals surface area contributed by atoms with Gasteiger partial charge in [-0.05, 0) is 38.3 Å². The minimum absolute atomic E-state index is 0.00167. The van der Waals surface area contributed by atoms with Crippen molar-refractivity contribution in [2.24, 2.45) is 17.4 Å². The molecule has 0 aliphatic heterocycles. The summed E-state index contributed by atoms with van der Waals surface area (Å²) < 4.78 is 19.8. The molecule has 0 aliphatic carbocycles. The van der Waals surface area contributed by atoms with Crippen LogP contribution in [0, 0.1) is 18.7 Å². The van der Waals surface area contributed by atoms with E-state index in [2.05, 4.69) is 34.4 Å². The second-order valence-corrected chi connectivity index (χ2v) is 7.48. The number of halogens is 1. The number of rotatable bonds is 9. The van der Waals surface area contributed by atoms with Crippen molar-refractivity contribution in [2.75, 3.05) is 17.7 Å². The summed E-state index contributed by atoms with van der Waals surface area (Å²) in [7, 11) is 1.50. The van der Waals surface area contributed by atoms with E-state index in [1.807, 2.05) is 6.92 Å². The molecule has 0 unspecified atom stereocenters. The van der Waals surface area contributed by atoms with Gasteiger partial charge in [-0.15, -0.1) is 0 Å². The Morgan fingerprint density at radius 3 is 2.45 bits per heavy atom. The minimum Gasteiger partial charge on any atom is -0.481 e. The summed E-state index contributed by atoms with van der Waals surface area (Å²) in [5, 5.41) is 6.07. The number of carbonyl (C=O) groups is 1. The van der Waals surface area contributed by atoms with E-state index in [-0.39, 0.29) is 29.3 Å². The number of aromatic nitrogens is 2. The van der Waals surface area contributed by atoms with E-state index >= 15 is 0 Å². The Morgan fingerprint density at radius 1 is 1.21 bits per heavy atom. The molecule has 0 aromatic carbocycles. The zero-order valence-corrected chi connectivity index (χ0v) is 17.4. The number of nitrogens with one attached hydrogen (secondary N) is 2. The van der Waals surface area contributed by atoms with E-state index in [9.17, 15) is 9.18 Å². The third-order valence-electron chi connectivity index (χ3n) is 4.33. The summed E-state index contributed by atoms with van der Waals surface area (Å²) in [5.74, 6) is -0.601. The highest BCUT2D eigenvalue weighted by atomic mass is 19.1. The van der Waals surface area contributed by atoms with Gasteiger partial charge < -0.3 is 26.8 Å². The average molecular weight is 404 g/mol. The molecule has 158 valence electrons. The standard InChI is InChI=1S/C20H29FN6O2/c1-10(2)6-16(12(4)22)26-20-15(21)9-14(18(23)28)19(27-20)25-13-7-11(3)24-17(8-13)29-5/h7-10,12,16H,6,22H2,1-5H3,(H2,23,28)(H2,24,25,26,27)/t12-,16+/m0/s1. The fourth-order valence-electron chi connectivity index (χ4n) is 2.91. The van der Waals surface area contributed by atoms with E-state index in [0.29, 0.717) is 23.2 Å². The number of nitrogens with zero attached hydrogens (tertiary/aromatic N) is 2. The van der Waals surface area contributed by atoms with E-state index in [4.69, 9.17) is 16.2 Å². The molecule has 0 saturated heterocycles. The van der Waals surface area contributed by atoms with E-state index < -0.39 is 11.7 Å². The number of amides is 1. The molecule has 1 amide bonds. The summed E-state index contributed by atoms with van der Waals surface area (Å²) in [6.45, 7) is 7.76. The Morgan fingerprint density at radius 2 is 1.90 bits per heavy atom. The molecule has 0 radical (unpaired) electrons. The number of hydrogen-bond donors (Lipinski definition) is 4. The maximum absolute atomic E-state index is 14.6. The molecule has 0 saturated carbocycles. The SMILES string of the molecule is COc1cc(Nc2nc(N[C@H](CC(C)C)[C@H](C)N)c(F)cc2C(N)=O)cc(C)n1. The molecule has 6 N–H and O–H groups in total. The van der Waals surface area contributed by atoms with Gasteiger partial charge in [0.05, 0.1) is 12.7 Å². The third-order valence-corrected chi connectivity index (χ3v) is 4.33. The first kappa shape index (κ1) is 22.4. The third kappa shape index (κ3) is 6.02. The molecular formula is C20H29FN6O2. The highest BCUT2D eigenvalue weighted by Gasteiger charge is 2.21. The largest absolute Gasteiger partial charge is 0.481 e. The minimum atomic E-state index is -0.797. The first-order valence-electron chi connectivity index (χ1n) is 9.42. The number of aryl methyl sites for hydroxylation is 1. The smallest absolute Gasteiger partial charge is 0.252 e. The van der Waals surface area contributed by atoms with Crippen LogP contribution in [0.4, 0.5) is 21.7 Å². The lowest BCUT2D eigenvalue weighted by atomic mass is 9.99. The normalized spacial score (nSPS) is 13.1. The van der Waals surface area contributed by atoms with Crippen molar-refractivity contribution in [1.82, 2.24) is 9.97 Å². The lowest BCUT2D eigenvalue weighted by Crippen LogP contribution is -2.39. The molecule has 2 rings (SSSR count). The monoisotopic (exact) mass is 404 g/mol. The molecule has 2 heterocycles. The van der Waals surface area contributed by atoms with Gasteiger partial charge in [0.25, 0.3) is 5.91 Å². The molecule has 0 fully saturated rings. The van der Waals surface area contributed by atoms with E-state index in [1.165, 1.54) is 7.11 Å². The van der Waals surface area contributed by atoms with Crippen molar-refractivity contribution in [3.63, 3.8) is 0 Å². The zero-order chi connectivity index (χ0) is 21.7. The van der Waals surface area contributed by atoms with Gasteiger partial charge in [-0.2, -0.15) is 0 Å². The lowest BCUT2D eigenvalue weighted by Gasteiger charge is -2.25. The zero-order valence-electron chi connectivity index (χ0n) is 17.4. The van der Waals surface area contributed by atoms with Gasteiger partial charge in [0, 0.05) is 29.5 Å². The molecule has 9 heteroatoms. The highest BCUT2D eigenvalue weighted by Crippen LogP contribution is 2.26. The second-order valence-electron chi connectivity index (χ2n) is 7.48. The molecule has 8 nitrogen and oxygen atoms in total. The van der Waals surface area contributed by atoms with Crippen molar-refractivity contribution >= 4 is 23.2 Å². The molecule has 0 spiro atoms. The van der Waals surface area contributed by atoms with Gasteiger partial charge >= 0.3 is 0 Å². The van der Waals surface area contributed by atoms with Gasteiger partial charge in [0.15, 0.2) is 11.6 Å². The van der Waals surface area contributed by atoms with E-state index in [0.717, 1.165) is 12.5 Å². The first-order chi connectivity index (χ1) is 13.6. The van der Waals surface area contributed by atoms with Crippen molar-refractivity contribution in [2.45, 2.75) is 46.2 Å². The van der Waals surface area contributed by atoms with Crippen LogP contribution in [0.2, 0.25) is 0 Å². The van der Waals surface area contributed by atoms with Crippen LogP contribution in [-0.4, -0.2) is 35.1 Å². The summed E-state index contributed by atoms with van der Waals surface area (Å²) in [6.07, 6.45) is 0.736. The number of anilines is 3. The second kappa shape index (κ2) is 9.51. The molecular weight excluding hydrogens is 375 g/mol. The predicted octanol–water partition coefficient (Wildman–Crippen LogP) is 2.95. The lowest BCUT2D eigenvalue weighted by molar-refractivity contribution is 0.100. The Kier molecular flexibility index (Phi) is 7.33. The topological polar surface area (TPSA) is 128 Å². The molecule has 2 aromatic heterocycles. The van der Waals surface area contributed by atoms with Crippen molar-refractivity contribution in [3.8, 4) is 5.88 Å². The Bertz CT molecular complexity index is 872. The number of ether oxygens (including phenoxy) is 1. The highest BCUT2D eigenvalue weighted by molar-refractivity contribution is 5.98. The number of primary amides is 1. The predicted molar refractivity (Wildman–Crippen MR) is 112 cm³/mol. The van der Waals surface area contributed by atoms with E-state index in [1.54, 1.807) is 19.1 Å². The summed E-state index contributed by atoms with van der Waals surface area (Å²) in [6, 6.07) is 4.04. The number of carbonyl (C=O) groups excluding carboxylic acids is 1. The van der Waals surface area contributed by atoms with Crippen LogP contribution in [0.1, 0.15) is 43.2 Å². The van der Waals surface area contributed by atoms with Crippen LogP contribution in [0.3, 0.4) is 0 Å².